The fraction of sp³-hybridized carbons (Fsp3) is 0. The molecule has 0 aliphatic carbocycles. The Labute approximate surface area is 340 Å². The van der Waals surface area contributed by atoms with Crippen molar-refractivity contribution in [3.05, 3.63) is 193 Å². The average Bonchev–Trinajstić information content (AvgIpc) is 1.69. The van der Waals surface area contributed by atoms with E-state index in [1.807, 2.05) is 0 Å². The number of rotatable bonds is 6. The van der Waals surface area contributed by atoms with Gasteiger partial charge in [-0.15, -0.1) is 0 Å². The maximum atomic E-state index is 10.1. The van der Waals surface area contributed by atoms with Gasteiger partial charge in [0.2, 0.25) is 0 Å². The van der Waals surface area contributed by atoms with Crippen molar-refractivity contribution in [2.45, 2.75) is 0 Å². The zero-order chi connectivity index (χ0) is 61.6. The number of hydrogen-bond acceptors (Lipinski definition) is 2. The number of anilines is 3. The lowest BCUT2D eigenvalue weighted by molar-refractivity contribution is 0.669. The molecule has 3 nitrogen and oxygen atoms in total. The second-order valence-electron chi connectivity index (χ2n) is 10.5. The number of furan rings is 1. The first kappa shape index (κ1) is 11.3. The highest BCUT2D eigenvalue weighted by molar-refractivity contribution is 6.19. The van der Waals surface area contributed by atoms with Crippen LogP contribution < -0.4 is 4.90 Å². The van der Waals surface area contributed by atoms with Gasteiger partial charge in [0.25, 0.3) is 0 Å². The maximum Gasteiger partial charge on any atom is 0.135 e. The summed E-state index contributed by atoms with van der Waals surface area (Å²) >= 11 is 0. The van der Waals surface area contributed by atoms with Crippen LogP contribution in [0.2, 0.25) is 0 Å². The van der Waals surface area contributed by atoms with E-state index in [9.17, 15) is 19.2 Å². The number of para-hydroxylation sites is 4. The zero-order valence-electron chi connectivity index (χ0n) is 57.3. The molecule has 2 aromatic heterocycles. The third-order valence-electron chi connectivity index (χ3n) is 7.74. The number of hydrogen-bond donors (Lipinski definition) is 0. The zero-order valence-corrected chi connectivity index (χ0v) is 25.3. The van der Waals surface area contributed by atoms with Crippen molar-refractivity contribution in [1.29, 1.82) is 0 Å². The Hall–Kier alpha value is -6.84. The van der Waals surface area contributed by atoms with Crippen LogP contribution >= 0.6 is 0 Å². The minimum absolute atomic E-state index is 0.381. The maximum absolute atomic E-state index is 10.1. The van der Waals surface area contributed by atoms with Gasteiger partial charge in [-0.3, -0.25) is 0 Å². The van der Waals surface area contributed by atoms with E-state index < -0.39 is 282 Å². The summed E-state index contributed by atoms with van der Waals surface area (Å²) in [5.41, 5.74) is -11.9. The van der Waals surface area contributed by atoms with E-state index in [-0.39, 0.29) is 0 Å². The van der Waals surface area contributed by atoms with Crippen molar-refractivity contribution in [2.75, 3.05) is 4.90 Å². The molecule has 240 valence electrons. The first-order valence-electron chi connectivity index (χ1n) is 30.7. The summed E-state index contributed by atoms with van der Waals surface area (Å²) in [6.45, 7) is 0. The van der Waals surface area contributed by atoms with Gasteiger partial charge in [-0.1, -0.05) is 127 Å². The van der Waals surface area contributed by atoms with Crippen LogP contribution in [-0.4, -0.2) is 4.57 Å². The summed E-state index contributed by atoms with van der Waals surface area (Å²) in [5.74, 6) is 0. The lowest BCUT2D eigenvalue weighted by Crippen LogP contribution is -2.11. The van der Waals surface area contributed by atoms with E-state index in [0.29, 0.717) is 9.47 Å². The highest BCUT2D eigenvalue weighted by Gasteiger charge is 2.24. The van der Waals surface area contributed by atoms with Crippen molar-refractivity contribution < 1.29 is 48.3 Å². The summed E-state index contributed by atoms with van der Waals surface area (Å²) in [6.07, 6.45) is 0. The van der Waals surface area contributed by atoms with Gasteiger partial charge < -0.3 is 13.9 Å². The van der Waals surface area contributed by atoms with E-state index in [2.05, 4.69) is 0 Å². The third-order valence-corrected chi connectivity index (χ3v) is 7.74. The summed E-state index contributed by atoms with van der Waals surface area (Å²) in [4.78, 5) is 0.381. The van der Waals surface area contributed by atoms with Crippen molar-refractivity contribution in [3.8, 4) is 27.9 Å². The summed E-state index contributed by atoms with van der Waals surface area (Å²) in [6, 6.07) is -35.3. The Morgan fingerprint density at radius 1 is 0.412 bits per heavy atom. The lowest BCUT2D eigenvalue weighted by atomic mass is 9.95. The van der Waals surface area contributed by atoms with Gasteiger partial charge in [0, 0.05) is 44.2 Å². The van der Waals surface area contributed by atoms with Gasteiger partial charge in [-0.2, -0.15) is 0 Å². The molecule has 0 unspecified atom stereocenters. The van der Waals surface area contributed by atoms with E-state index >= 15 is 0 Å². The topological polar surface area (TPSA) is 21.3 Å². The lowest BCUT2D eigenvalue weighted by Gasteiger charge is -2.27. The first-order valence-corrected chi connectivity index (χ1v) is 14.7. The molecule has 0 fully saturated rings. The standard InChI is InChI=1S/C48H32N2O/c1-5-16-33(17-6-1)35-30-41(34-18-7-2-8-19-34)47-43(31-35)40-25-15-26-44(48(40)50(47)37-22-11-4-12-23-37)49(36-20-9-3-10-21-36)38-28-29-46-42(32-38)39-24-13-14-27-45(39)51-46/h1-32H/i1D,2D,3D,4D,5D,6D,7D,8D,9D,10D,11D,12D,13D,14D,15D,16D,17D,18D,19D,20D,21D,22D,23D,24D,25D,26D,27D,28D,29D,30D,31D,32D. The Kier molecular flexibility index (Phi) is 2.66. The van der Waals surface area contributed by atoms with Crippen molar-refractivity contribution in [1.82, 2.24) is 4.57 Å². The van der Waals surface area contributed by atoms with Crippen LogP contribution in [0.15, 0.2) is 198 Å². The van der Waals surface area contributed by atoms with Crippen LogP contribution in [0.4, 0.5) is 17.1 Å². The van der Waals surface area contributed by atoms with Gasteiger partial charge in [0.1, 0.15) is 11.2 Å². The third kappa shape index (κ3) is 4.82. The number of benzene rings is 8. The molecule has 51 heavy (non-hydrogen) atoms. The number of nitrogens with zero attached hydrogens (tertiary/aromatic N) is 2. The van der Waals surface area contributed by atoms with Gasteiger partial charge in [-0.25, -0.2) is 0 Å². The molecule has 3 heteroatoms. The minimum atomic E-state index is -1.32. The van der Waals surface area contributed by atoms with Crippen LogP contribution in [0.25, 0.3) is 71.7 Å². The van der Waals surface area contributed by atoms with Crippen molar-refractivity contribution >= 4 is 60.8 Å². The van der Waals surface area contributed by atoms with Crippen LogP contribution in [0.3, 0.4) is 0 Å². The van der Waals surface area contributed by atoms with E-state index in [4.69, 9.17) is 29.1 Å². The van der Waals surface area contributed by atoms with Crippen LogP contribution in [0.1, 0.15) is 43.9 Å². The summed E-state index contributed by atoms with van der Waals surface area (Å²) in [5, 5.41) is -3.14. The Morgan fingerprint density at radius 3 is 1.80 bits per heavy atom. The smallest absolute Gasteiger partial charge is 0.135 e. The molecule has 10 rings (SSSR count). The highest BCUT2D eigenvalue weighted by atomic mass is 16.3. The van der Waals surface area contributed by atoms with E-state index in [1.165, 1.54) is 0 Å². The molecule has 10 aromatic rings. The summed E-state index contributed by atoms with van der Waals surface area (Å²) < 4.78 is 298. The first-order chi connectivity index (χ1) is 38.6. The van der Waals surface area contributed by atoms with E-state index in [1.54, 1.807) is 0 Å². The molecule has 0 amide bonds. The van der Waals surface area contributed by atoms with Gasteiger partial charge >= 0.3 is 0 Å². The molecule has 0 aliphatic rings. The monoisotopic (exact) mass is 684 g/mol. The number of fused-ring (bicyclic) bond motifs is 6. The molecular formula is C48H32N2O. The van der Waals surface area contributed by atoms with Crippen LogP contribution in [0.5, 0.6) is 0 Å². The Bertz CT molecular complexity index is 4600. The van der Waals surface area contributed by atoms with Crippen molar-refractivity contribution in [3.63, 3.8) is 0 Å². The van der Waals surface area contributed by atoms with E-state index in [0.717, 1.165) is 0 Å². The highest BCUT2D eigenvalue weighted by Crippen LogP contribution is 2.47. The second kappa shape index (κ2) is 11.9. The molecule has 0 saturated heterocycles. The van der Waals surface area contributed by atoms with Crippen molar-refractivity contribution in [2.24, 2.45) is 0 Å². The molecule has 0 radical (unpaired) electrons. The molecule has 0 aliphatic heterocycles. The Morgan fingerprint density at radius 2 is 1.04 bits per heavy atom. The molecule has 0 saturated carbocycles. The molecule has 0 atom stereocenters. The SMILES string of the molecule is [2H]c1c([2H])c([2H])c(-c2c([2H])c(-c3c([2H])c([2H])c([2H])c([2H])c3[2H])c3c(c2[2H])c2c([2H])c([2H])c([2H])c(N(c4c([2H])c([2H])c([2H])c([2H])c4[2H])c4c([2H])c([2H])c5oc6c([2H])c([2H])c([2H])c([2H])c6c5c4[2H])c2n3-c2c([2H])c([2H])c([2H])c([2H])c2[2H])c([2H])c1[2H]. The number of aromatic nitrogens is 1. The quantitative estimate of drug-likeness (QED) is 0.174. The predicted octanol–water partition coefficient (Wildman–Crippen LogP) is 13.5. The van der Waals surface area contributed by atoms with Gasteiger partial charge in [0.05, 0.1) is 60.6 Å². The fourth-order valence-electron chi connectivity index (χ4n) is 5.72. The normalized spacial score (nSPS) is 20.3. The molecule has 0 spiro atoms. The molecular weight excluding hydrogens is 621 g/mol. The Balaban J connectivity index is 1.64. The molecule has 0 bridgehead atoms. The fourth-order valence-corrected chi connectivity index (χ4v) is 5.72. The summed E-state index contributed by atoms with van der Waals surface area (Å²) in [7, 11) is 0. The largest absolute Gasteiger partial charge is 0.456 e. The average molecular weight is 685 g/mol. The van der Waals surface area contributed by atoms with Gasteiger partial charge in [0.15, 0.2) is 0 Å². The van der Waals surface area contributed by atoms with Gasteiger partial charge in [-0.05, 0) is 83.2 Å². The molecule has 8 aromatic carbocycles. The van der Waals surface area contributed by atoms with Crippen LogP contribution in [-0.2, 0) is 0 Å². The second-order valence-corrected chi connectivity index (χ2v) is 10.5. The van der Waals surface area contributed by atoms with Crippen LogP contribution in [0, 0.1) is 0 Å². The predicted molar refractivity (Wildman–Crippen MR) is 214 cm³/mol. The minimum Gasteiger partial charge on any atom is -0.456 e. The molecule has 0 N–H and O–H groups in total. The molecule has 2 heterocycles.